The Hall–Kier alpha value is -1.79. The molecule has 1 N–H and O–H groups in total. The van der Waals surface area contributed by atoms with Crippen molar-refractivity contribution in [1.82, 2.24) is 10.2 Å². The molecule has 0 atom stereocenters. The number of nitrogens with zero attached hydrogens (tertiary/aromatic N) is 1. The number of benzene rings is 1. The summed E-state index contributed by atoms with van der Waals surface area (Å²) >= 11 is 0. The Kier molecular flexibility index (Phi) is 7.56. The maximum atomic E-state index is 11.6. The molecule has 0 radical (unpaired) electrons. The van der Waals surface area contributed by atoms with Crippen LogP contribution in [-0.2, 0) is 16.1 Å². The van der Waals surface area contributed by atoms with Crippen molar-refractivity contribution < 1.29 is 19.0 Å². The second-order valence-electron chi connectivity index (χ2n) is 4.73. The number of hydrogen-bond donors (Lipinski definition) is 1. The van der Waals surface area contributed by atoms with Crippen molar-refractivity contribution in [1.29, 1.82) is 0 Å². The smallest absolute Gasteiger partial charge is 0.259 e. The van der Waals surface area contributed by atoms with Gasteiger partial charge in [-0.15, -0.1) is 0 Å². The summed E-state index contributed by atoms with van der Waals surface area (Å²) in [6, 6.07) is 5.67. The molecule has 6 nitrogen and oxygen atoms in total. The monoisotopic (exact) mass is 296 g/mol. The minimum Gasteiger partial charge on any atom is -0.493 e. The van der Waals surface area contributed by atoms with Crippen LogP contribution in [0.2, 0.25) is 0 Å². The molecule has 0 fully saturated rings. The Morgan fingerprint density at radius 2 is 2.00 bits per heavy atom. The third-order valence-corrected chi connectivity index (χ3v) is 2.89. The van der Waals surface area contributed by atoms with Gasteiger partial charge in [0.1, 0.15) is 0 Å². The normalized spacial score (nSPS) is 10.3. The fourth-order valence-corrected chi connectivity index (χ4v) is 1.62. The van der Waals surface area contributed by atoms with Crippen molar-refractivity contribution in [3.8, 4) is 11.5 Å². The van der Waals surface area contributed by atoms with E-state index in [4.69, 9.17) is 14.2 Å². The Morgan fingerprint density at radius 1 is 1.24 bits per heavy atom. The van der Waals surface area contributed by atoms with Gasteiger partial charge >= 0.3 is 0 Å². The van der Waals surface area contributed by atoms with Crippen LogP contribution in [-0.4, -0.2) is 58.9 Å². The fraction of sp³-hybridized carbons (Fsp3) is 0.533. The topological polar surface area (TPSA) is 60.0 Å². The lowest BCUT2D eigenvalue weighted by atomic mass is 10.2. The minimum atomic E-state index is -0.0966. The van der Waals surface area contributed by atoms with Gasteiger partial charge in [-0.05, 0) is 17.7 Å². The van der Waals surface area contributed by atoms with E-state index in [2.05, 4.69) is 5.32 Å². The molecule has 0 spiro atoms. The molecule has 0 aliphatic heterocycles. The van der Waals surface area contributed by atoms with E-state index in [-0.39, 0.29) is 12.5 Å². The lowest BCUT2D eigenvalue weighted by Crippen LogP contribution is -2.27. The Morgan fingerprint density at radius 3 is 2.62 bits per heavy atom. The van der Waals surface area contributed by atoms with Crippen LogP contribution < -0.4 is 14.8 Å². The van der Waals surface area contributed by atoms with E-state index in [9.17, 15) is 4.79 Å². The molecule has 1 rings (SSSR count). The highest BCUT2D eigenvalue weighted by molar-refractivity contribution is 5.77. The predicted octanol–water partition coefficient (Wildman–Crippen LogP) is 0.898. The van der Waals surface area contributed by atoms with Crippen molar-refractivity contribution >= 4 is 5.91 Å². The zero-order valence-electron chi connectivity index (χ0n) is 13.1. The molecule has 0 aliphatic carbocycles. The number of ether oxygens (including phenoxy) is 3. The van der Waals surface area contributed by atoms with Crippen LogP contribution in [0.4, 0.5) is 0 Å². The van der Waals surface area contributed by atoms with Gasteiger partial charge in [-0.3, -0.25) is 4.79 Å². The number of carbonyl (C=O) groups excluding carboxylic acids is 1. The van der Waals surface area contributed by atoms with E-state index in [0.29, 0.717) is 24.7 Å². The van der Waals surface area contributed by atoms with E-state index in [0.717, 1.165) is 12.1 Å². The largest absolute Gasteiger partial charge is 0.493 e. The summed E-state index contributed by atoms with van der Waals surface area (Å²) < 4.78 is 15.8. The molecule has 0 saturated heterocycles. The molecule has 118 valence electrons. The second-order valence-corrected chi connectivity index (χ2v) is 4.73. The zero-order valence-corrected chi connectivity index (χ0v) is 13.1. The van der Waals surface area contributed by atoms with E-state index < -0.39 is 0 Å². The number of carbonyl (C=O) groups is 1. The molecule has 1 aromatic carbocycles. The van der Waals surface area contributed by atoms with Gasteiger partial charge < -0.3 is 24.4 Å². The van der Waals surface area contributed by atoms with Crippen LogP contribution in [0.25, 0.3) is 0 Å². The van der Waals surface area contributed by atoms with E-state index in [1.54, 1.807) is 28.3 Å². The molecule has 1 amide bonds. The van der Waals surface area contributed by atoms with Crippen molar-refractivity contribution in [3.05, 3.63) is 23.8 Å². The summed E-state index contributed by atoms with van der Waals surface area (Å²) in [6.07, 6.45) is 0. The number of hydrogen-bond acceptors (Lipinski definition) is 5. The van der Waals surface area contributed by atoms with Crippen LogP contribution >= 0.6 is 0 Å². The molecule has 6 heteroatoms. The molecule has 0 heterocycles. The van der Waals surface area contributed by atoms with Gasteiger partial charge in [0.05, 0.1) is 13.7 Å². The first kappa shape index (κ1) is 17.3. The average Bonchev–Trinajstić information content (AvgIpc) is 2.49. The summed E-state index contributed by atoms with van der Waals surface area (Å²) in [7, 11) is 6.63. The summed E-state index contributed by atoms with van der Waals surface area (Å²) in [4.78, 5) is 13.1. The Labute approximate surface area is 126 Å². The minimum absolute atomic E-state index is 0.0100. The number of methoxy groups -OCH3 is 2. The Balaban J connectivity index is 2.64. The molecule has 1 aromatic rings. The van der Waals surface area contributed by atoms with Crippen LogP contribution in [0.5, 0.6) is 11.5 Å². The van der Waals surface area contributed by atoms with E-state index in [1.807, 2.05) is 18.2 Å². The summed E-state index contributed by atoms with van der Waals surface area (Å²) in [5, 5.41) is 3.25. The third kappa shape index (κ3) is 6.01. The lowest BCUT2D eigenvalue weighted by Gasteiger charge is -2.14. The average molecular weight is 296 g/mol. The summed E-state index contributed by atoms with van der Waals surface area (Å²) in [6.45, 7) is 2.13. The van der Waals surface area contributed by atoms with Gasteiger partial charge in [-0.1, -0.05) is 6.07 Å². The highest BCUT2D eigenvalue weighted by Gasteiger charge is 2.10. The van der Waals surface area contributed by atoms with Gasteiger partial charge in [-0.25, -0.2) is 0 Å². The van der Waals surface area contributed by atoms with Crippen LogP contribution in [0.15, 0.2) is 18.2 Å². The van der Waals surface area contributed by atoms with E-state index in [1.165, 1.54) is 4.90 Å². The molecule has 0 aromatic heterocycles. The summed E-state index contributed by atoms with van der Waals surface area (Å²) in [5.41, 5.74) is 1.05. The zero-order chi connectivity index (χ0) is 15.7. The van der Waals surface area contributed by atoms with Crippen molar-refractivity contribution in [3.63, 3.8) is 0 Å². The highest BCUT2D eigenvalue weighted by Crippen LogP contribution is 2.28. The van der Waals surface area contributed by atoms with Crippen molar-refractivity contribution in [2.75, 3.05) is 48.1 Å². The van der Waals surface area contributed by atoms with Gasteiger partial charge in [0.25, 0.3) is 5.91 Å². The molecule has 0 unspecified atom stereocenters. The third-order valence-electron chi connectivity index (χ3n) is 2.89. The molecule has 0 bridgehead atoms. The van der Waals surface area contributed by atoms with Gasteiger partial charge in [-0.2, -0.15) is 0 Å². The molecule has 21 heavy (non-hydrogen) atoms. The van der Waals surface area contributed by atoms with E-state index >= 15 is 0 Å². The quantitative estimate of drug-likeness (QED) is 0.686. The first-order chi connectivity index (χ1) is 10.1. The number of rotatable bonds is 9. The molecule has 0 saturated carbocycles. The maximum Gasteiger partial charge on any atom is 0.259 e. The number of nitrogens with one attached hydrogen (secondary N) is 1. The van der Waals surface area contributed by atoms with Crippen LogP contribution in [0.3, 0.4) is 0 Å². The molecule has 0 aliphatic rings. The SMILES string of the molecule is COCCNCc1ccc(OC)c(OCC(=O)N(C)C)c1. The first-order valence-corrected chi connectivity index (χ1v) is 6.78. The van der Waals surface area contributed by atoms with Gasteiger partial charge in [0.2, 0.25) is 0 Å². The lowest BCUT2D eigenvalue weighted by molar-refractivity contribution is -0.130. The standard InChI is InChI=1S/C15H24N2O4/c1-17(2)15(18)11-21-14-9-12(5-6-13(14)20-4)10-16-7-8-19-3/h5-6,9,16H,7-8,10-11H2,1-4H3. The van der Waals surface area contributed by atoms with Crippen LogP contribution in [0.1, 0.15) is 5.56 Å². The Bertz CT molecular complexity index is 449. The van der Waals surface area contributed by atoms with Crippen molar-refractivity contribution in [2.45, 2.75) is 6.54 Å². The molecular formula is C15H24N2O4. The first-order valence-electron chi connectivity index (χ1n) is 6.78. The number of amides is 1. The maximum absolute atomic E-state index is 11.6. The predicted molar refractivity (Wildman–Crippen MR) is 80.8 cm³/mol. The van der Waals surface area contributed by atoms with Crippen LogP contribution in [0, 0.1) is 0 Å². The van der Waals surface area contributed by atoms with Gasteiger partial charge in [0.15, 0.2) is 18.1 Å². The van der Waals surface area contributed by atoms with Crippen molar-refractivity contribution in [2.24, 2.45) is 0 Å². The highest BCUT2D eigenvalue weighted by atomic mass is 16.5. The molecular weight excluding hydrogens is 272 g/mol. The van der Waals surface area contributed by atoms with Gasteiger partial charge in [0, 0.05) is 34.3 Å². The number of likely N-dealkylation sites (N-methyl/N-ethyl adjacent to an activating group) is 1. The fourth-order valence-electron chi connectivity index (χ4n) is 1.62. The summed E-state index contributed by atoms with van der Waals surface area (Å²) in [5.74, 6) is 1.08. The second kappa shape index (κ2) is 9.20.